The zero-order valence-corrected chi connectivity index (χ0v) is 19.5. The number of nitrogens with one attached hydrogen (secondary N) is 2. The minimum atomic E-state index is -3.17. The maximum atomic E-state index is 11.5. The fourth-order valence-electron chi connectivity index (χ4n) is 3.18. The highest BCUT2D eigenvalue weighted by molar-refractivity contribution is 14.0. The topological polar surface area (TPSA) is 79.8 Å². The van der Waals surface area contributed by atoms with E-state index >= 15 is 0 Å². The fourth-order valence-corrected chi connectivity index (χ4v) is 3.81. The van der Waals surface area contributed by atoms with E-state index in [1.807, 2.05) is 0 Å². The van der Waals surface area contributed by atoms with Gasteiger partial charge in [0.1, 0.15) is 12.4 Å². The van der Waals surface area contributed by atoms with Crippen molar-refractivity contribution in [2.75, 3.05) is 26.0 Å². The second kappa shape index (κ2) is 11.7. The molecule has 2 rings (SSSR count). The van der Waals surface area contributed by atoms with E-state index in [2.05, 4.69) is 29.5 Å². The van der Waals surface area contributed by atoms with Gasteiger partial charge in [-0.05, 0) is 49.9 Å². The van der Waals surface area contributed by atoms with Crippen molar-refractivity contribution in [3.8, 4) is 5.75 Å². The molecule has 0 aliphatic heterocycles. The van der Waals surface area contributed by atoms with Gasteiger partial charge in [-0.25, -0.2) is 13.4 Å². The summed E-state index contributed by atoms with van der Waals surface area (Å²) in [5.74, 6) is 2.25. The molecule has 27 heavy (non-hydrogen) atoms. The van der Waals surface area contributed by atoms with Crippen molar-refractivity contribution in [3.05, 3.63) is 24.3 Å². The van der Waals surface area contributed by atoms with E-state index in [4.69, 9.17) is 4.74 Å². The Bertz CT molecular complexity index is 693. The predicted octanol–water partition coefficient (Wildman–Crippen LogP) is 3.22. The van der Waals surface area contributed by atoms with Gasteiger partial charge in [-0.1, -0.05) is 19.8 Å². The van der Waals surface area contributed by atoms with Crippen LogP contribution >= 0.6 is 24.0 Å². The lowest BCUT2D eigenvalue weighted by atomic mass is 9.87. The van der Waals surface area contributed by atoms with E-state index < -0.39 is 9.84 Å². The lowest BCUT2D eigenvalue weighted by molar-refractivity contribution is 0.320. The first-order valence-electron chi connectivity index (χ1n) is 9.36. The van der Waals surface area contributed by atoms with Crippen LogP contribution in [0.5, 0.6) is 5.75 Å². The Morgan fingerprint density at radius 1 is 1.26 bits per heavy atom. The molecule has 6 nitrogen and oxygen atoms in total. The first-order valence-corrected chi connectivity index (χ1v) is 11.3. The van der Waals surface area contributed by atoms with Gasteiger partial charge in [-0.3, -0.25) is 0 Å². The van der Waals surface area contributed by atoms with E-state index in [0.29, 0.717) is 29.8 Å². The molecule has 0 spiro atoms. The molecule has 1 aromatic carbocycles. The summed E-state index contributed by atoms with van der Waals surface area (Å²) in [5.41, 5.74) is 0. The average molecular weight is 509 g/mol. The molecule has 2 unspecified atom stereocenters. The molecule has 154 valence electrons. The van der Waals surface area contributed by atoms with Crippen LogP contribution < -0.4 is 15.4 Å². The maximum absolute atomic E-state index is 11.5. The molecule has 1 fully saturated rings. The average Bonchev–Trinajstić information content (AvgIpc) is 2.58. The van der Waals surface area contributed by atoms with Crippen LogP contribution in [0.2, 0.25) is 0 Å². The van der Waals surface area contributed by atoms with E-state index in [9.17, 15) is 8.42 Å². The third-order valence-electron chi connectivity index (χ3n) is 4.50. The van der Waals surface area contributed by atoms with Crippen molar-refractivity contribution >= 4 is 39.8 Å². The highest BCUT2D eigenvalue weighted by Crippen LogP contribution is 2.23. The largest absolute Gasteiger partial charge is 0.492 e. The highest BCUT2D eigenvalue weighted by Gasteiger charge is 2.19. The SMILES string of the molecule is CCNC(=NCCOc1ccc(S(C)(=O)=O)cc1)NC1CCCC(C)C1.I. The summed E-state index contributed by atoms with van der Waals surface area (Å²) in [6.45, 7) is 6.16. The van der Waals surface area contributed by atoms with Gasteiger partial charge < -0.3 is 15.4 Å². The highest BCUT2D eigenvalue weighted by atomic mass is 127. The lowest BCUT2D eigenvalue weighted by Crippen LogP contribution is -2.45. The number of sulfone groups is 1. The molecule has 0 amide bonds. The van der Waals surface area contributed by atoms with Crippen LogP contribution in [0, 0.1) is 5.92 Å². The number of benzene rings is 1. The molecule has 0 heterocycles. The number of ether oxygens (including phenoxy) is 1. The molecule has 0 bridgehead atoms. The summed E-state index contributed by atoms with van der Waals surface area (Å²) in [6, 6.07) is 6.95. The molecular weight excluding hydrogens is 477 g/mol. The van der Waals surface area contributed by atoms with Crippen LogP contribution in [-0.2, 0) is 9.84 Å². The predicted molar refractivity (Wildman–Crippen MR) is 121 cm³/mol. The second-order valence-electron chi connectivity index (χ2n) is 6.97. The number of halogens is 1. The van der Waals surface area contributed by atoms with Crippen LogP contribution in [0.25, 0.3) is 0 Å². The van der Waals surface area contributed by atoms with Gasteiger partial charge in [-0.15, -0.1) is 24.0 Å². The van der Waals surface area contributed by atoms with Crippen LogP contribution in [0.15, 0.2) is 34.2 Å². The van der Waals surface area contributed by atoms with Gasteiger partial charge >= 0.3 is 0 Å². The quantitative estimate of drug-likeness (QED) is 0.256. The number of hydrogen-bond acceptors (Lipinski definition) is 4. The number of guanidine groups is 1. The molecule has 0 aromatic heterocycles. The van der Waals surface area contributed by atoms with Gasteiger partial charge in [0.2, 0.25) is 0 Å². The molecule has 1 aliphatic carbocycles. The Morgan fingerprint density at radius 3 is 2.56 bits per heavy atom. The minimum Gasteiger partial charge on any atom is -0.492 e. The summed E-state index contributed by atoms with van der Waals surface area (Å²) >= 11 is 0. The molecule has 2 N–H and O–H groups in total. The molecule has 0 radical (unpaired) electrons. The third kappa shape index (κ3) is 8.68. The van der Waals surface area contributed by atoms with Crippen molar-refractivity contribution in [1.29, 1.82) is 0 Å². The smallest absolute Gasteiger partial charge is 0.191 e. The van der Waals surface area contributed by atoms with Crippen LogP contribution in [0.1, 0.15) is 39.5 Å². The van der Waals surface area contributed by atoms with Crippen molar-refractivity contribution in [2.24, 2.45) is 10.9 Å². The Labute approximate surface area is 180 Å². The van der Waals surface area contributed by atoms with Crippen LogP contribution in [0.3, 0.4) is 0 Å². The summed E-state index contributed by atoms with van der Waals surface area (Å²) in [4.78, 5) is 4.87. The van der Waals surface area contributed by atoms with Gasteiger partial charge in [0.15, 0.2) is 15.8 Å². The Kier molecular flexibility index (Phi) is 10.4. The molecule has 1 aliphatic rings. The van der Waals surface area contributed by atoms with E-state index in [1.165, 1.54) is 31.9 Å². The van der Waals surface area contributed by atoms with Gasteiger partial charge in [0, 0.05) is 18.8 Å². The zero-order valence-electron chi connectivity index (χ0n) is 16.4. The normalized spacial score (nSPS) is 20.5. The summed E-state index contributed by atoms with van der Waals surface area (Å²) in [6.07, 6.45) is 6.16. The van der Waals surface area contributed by atoms with Gasteiger partial charge in [0.05, 0.1) is 11.4 Å². The molecule has 8 heteroatoms. The second-order valence-corrected chi connectivity index (χ2v) is 8.98. The summed E-state index contributed by atoms with van der Waals surface area (Å²) in [5, 5.41) is 6.81. The Morgan fingerprint density at radius 2 is 1.96 bits per heavy atom. The Balaban J connectivity index is 0.00000364. The fraction of sp³-hybridized carbons (Fsp3) is 0.632. The van der Waals surface area contributed by atoms with Crippen molar-refractivity contribution in [3.63, 3.8) is 0 Å². The zero-order chi connectivity index (χ0) is 19.0. The van der Waals surface area contributed by atoms with Crippen molar-refractivity contribution < 1.29 is 13.2 Å². The van der Waals surface area contributed by atoms with Gasteiger partial charge in [0.25, 0.3) is 0 Å². The number of aliphatic imine (C=N–C) groups is 1. The number of nitrogens with zero attached hydrogens (tertiary/aromatic N) is 1. The van der Waals surface area contributed by atoms with E-state index in [-0.39, 0.29) is 24.0 Å². The molecule has 0 saturated heterocycles. The first-order chi connectivity index (χ1) is 12.4. The number of rotatable bonds is 7. The summed E-state index contributed by atoms with van der Waals surface area (Å²) in [7, 11) is -3.17. The maximum Gasteiger partial charge on any atom is 0.191 e. The minimum absolute atomic E-state index is 0. The van der Waals surface area contributed by atoms with Gasteiger partial charge in [-0.2, -0.15) is 0 Å². The third-order valence-corrected chi connectivity index (χ3v) is 5.63. The molecule has 1 aromatic rings. The Hall–Kier alpha value is -1.03. The lowest BCUT2D eigenvalue weighted by Gasteiger charge is -2.28. The molecule has 2 atom stereocenters. The van der Waals surface area contributed by atoms with E-state index in [1.54, 1.807) is 24.3 Å². The van der Waals surface area contributed by atoms with Crippen molar-refractivity contribution in [2.45, 2.75) is 50.5 Å². The summed E-state index contributed by atoms with van der Waals surface area (Å²) < 4.78 is 28.6. The monoisotopic (exact) mass is 509 g/mol. The molecule has 1 saturated carbocycles. The van der Waals surface area contributed by atoms with Crippen LogP contribution in [-0.4, -0.2) is 46.4 Å². The van der Waals surface area contributed by atoms with Crippen LogP contribution in [0.4, 0.5) is 0 Å². The molecular formula is C19H32IN3O3S. The van der Waals surface area contributed by atoms with Crippen molar-refractivity contribution in [1.82, 2.24) is 10.6 Å². The van der Waals surface area contributed by atoms with E-state index in [0.717, 1.165) is 18.4 Å². The first kappa shape index (κ1) is 24.0. The number of hydrogen-bond donors (Lipinski definition) is 2. The standard InChI is InChI=1S/C19H31N3O3S.HI/c1-4-20-19(22-16-7-5-6-15(2)14-16)21-12-13-25-17-8-10-18(11-9-17)26(3,23)24;/h8-11,15-16H,4-7,12-14H2,1-3H3,(H2,20,21,22);1H.